The standard InChI is InChI=1S/C22H24F3N3O3S/c1-21(26,14-29)20-28-27-19(32-20)16-7-8-18(17(13-16)22(23,24)25)31-12-11-30-10-9-15-5-3-2-4-6-15/h2-8,13,29H,9-12,14,26H2,1H3. The van der Waals surface area contributed by atoms with Gasteiger partial charge < -0.3 is 20.3 Å². The van der Waals surface area contributed by atoms with Crippen molar-refractivity contribution in [2.45, 2.75) is 25.1 Å². The molecule has 6 nitrogen and oxygen atoms in total. The van der Waals surface area contributed by atoms with Gasteiger partial charge in [-0.15, -0.1) is 10.2 Å². The van der Waals surface area contributed by atoms with Gasteiger partial charge >= 0.3 is 6.18 Å². The molecule has 3 rings (SSSR count). The van der Waals surface area contributed by atoms with E-state index < -0.39 is 17.3 Å². The maximum atomic E-state index is 13.6. The molecule has 0 bridgehead atoms. The van der Waals surface area contributed by atoms with Gasteiger partial charge in [0.15, 0.2) is 0 Å². The number of hydrogen-bond donors (Lipinski definition) is 2. The van der Waals surface area contributed by atoms with Gasteiger partial charge in [-0.05, 0) is 37.1 Å². The molecule has 1 atom stereocenters. The molecule has 0 aliphatic carbocycles. The lowest BCUT2D eigenvalue weighted by atomic mass is 10.1. The van der Waals surface area contributed by atoms with E-state index in [0.29, 0.717) is 18.0 Å². The first-order valence-electron chi connectivity index (χ1n) is 9.90. The van der Waals surface area contributed by atoms with Crippen LogP contribution in [0, 0.1) is 0 Å². The summed E-state index contributed by atoms with van der Waals surface area (Å²) in [5.74, 6) is -0.281. The number of ether oxygens (including phenoxy) is 2. The monoisotopic (exact) mass is 467 g/mol. The van der Waals surface area contributed by atoms with Crippen LogP contribution in [0.4, 0.5) is 13.2 Å². The van der Waals surface area contributed by atoms with Crippen molar-refractivity contribution in [3.63, 3.8) is 0 Å². The van der Waals surface area contributed by atoms with Gasteiger partial charge in [0.05, 0.1) is 30.9 Å². The molecule has 0 saturated heterocycles. The van der Waals surface area contributed by atoms with Crippen molar-refractivity contribution in [3.05, 3.63) is 64.7 Å². The Hall–Kier alpha value is -2.53. The van der Waals surface area contributed by atoms with E-state index in [1.807, 2.05) is 30.3 Å². The van der Waals surface area contributed by atoms with Gasteiger partial charge in [0.25, 0.3) is 0 Å². The molecular weight excluding hydrogens is 443 g/mol. The fourth-order valence-corrected chi connectivity index (χ4v) is 3.68. The van der Waals surface area contributed by atoms with E-state index in [1.54, 1.807) is 6.92 Å². The highest BCUT2D eigenvalue weighted by Gasteiger charge is 2.35. The molecule has 3 N–H and O–H groups in total. The second kappa shape index (κ2) is 10.4. The molecule has 0 amide bonds. The fraction of sp³-hybridized carbons (Fsp3) is 0.364. The lowest BCUT2D eigenvalue weighted by Crippen LogP contribution is -2.36. The number of benzene rings is 2. The molecule has 0 aliphatic rings. The van der Waals surface area contributed by atoms with Crippen molar-refractivity contribution in [1.82, 2.24) is 10.2 Å². The van der Waals surface area contributed by atoms with Crippen LogP contribution >= 0.6 is 11.3 Å². The Morgan fingerprint density at radius 2 is 1.78 bits per heavy atom. The van der Waals surface area contributed by atoms with Gasteiger partial charge in [0.2, 0.25) is 0 Å². The molecule has 0 fully saturated rings. The largest absolute Gasteiger partial charge is 0.491 e. The summed E-state index contributed by atoms with van der Waals surface area (Å²) in [5.41, 5.74) is 5.25. The van der Waals surface area contributed by atoms with Crippen molar-refractivity contribution >= 4 is 11.3 Å². The second-order valence-electron chi connectivity index (χ2n) is 7.39. The molecule has 32 heavy (non-hydrogen) atoms. The van der Waals surface area contributed by atoms with Gasteiger partial charge in [-0.3, -0.25) is 0 Å². The van der Waals surface area contributed by atoms with E-state index in [0.717, 1.165) is 23.0 Å². The minimum atomic E-state index is -4.61. The van der Waals surface area contributed by atoms with Crippen LogP contribution in [0.1, 0.15) is 23.1 Å². The van der Waals surface area contributed by atoms with Crippen LogP contribution in [0.2, 0.25) is 0 Å². The topological polar surface area (TPSA) is 90.5 Å². The molecule has 0 aliphatic heterocycles. The molecule has 1 unspecified atom stereocenters. The van der Waals surface area contributed by atoms with Gasteiger partial charge in [0, 0.05) is 5.56 Å². The highest BCUT2D eigenvalue weighted by Crippen LogP contribution is 2.39. The van der Waals surface area contributed by atoms with E-state index in [2.05, 4.69) is 10.2 Å². The number of nitrogens with two attached hydrogens (primary N) is 1. The van der Waals surface area contributed by atoms with Gasteiger partial charge in [0.1, 0.15) is 22.4 Å². The number of halogens is 3. The Balaban J connectivity index is 1.63. The maximum absolute atomic E-state index is 13.6. The molecule has 172 valence electrons. The molecule has 0 saturated carbocycles. The predicted octanol–water partition coefficient (Wildman–Crippen LogP) is 4.03. The minimum absolute atomic E-state index is 0.0117. The molecule has 2 aromatic carbocycles. The lowest BCUT2D eigenvalue weighted by molar-refractivity contribution is -0.139. The average Bonchev–Trinajstić information content (AvgIpc) is 3.27. The molecule has 10 heteroatoms. The van der Waals surface area contributed by atoms with Crippen LogP contribution in [-0.4, -0.2) is 41.7 Å². The zero-order valence-electron chi connectivity index (χ0n) is 17.4. The molecule has 3 aromatic rings. The Labute approximate surface area is 187 Å². The molecule has 1 heterocycles. The summed E-state index contributed by atoms with van der Waals surface area (Å²) < 4.78 is 51.7. The summed E-state index contributed by atoms with van der Waals surface area (Å²) in [5, 5.41) is 17.8. The van der Waals surface area contributed by atoms with Crippen molar-refractivity contribution < 1.29 is 27.8 Å². The summed E-state index contributed by atoms with van der Waals surface area (Å²) in [4.78, 5) is 0. The third-order valence-electron chi connectivity index (χ3n) is 4.64. The first-order valence-corrected chi connectivity index (χ1v) is 10.7. The van der Waals surface area contributed by atoms with Crippen molar-refractivity contribution in [3.8, 4) is 16.3 Å². The van der Waals surface area contributed by atoms with Crippen LogP contribution in [0.25, 0.3) is 10.6 Å². The second-order valence-corrected chi connectivity index (χ2v) is 8.37. The first-order chi connectivity index (χ1) is 15.2. The van der Waals surface area contributed by atoms with Crippen LogP contribution < -0.4 is 10.5 Å². The SMILES string of the molecule is CC(N)(CO)c1nnc(-c2ccc(OCCOCCc3ccccc3)c(C(F)(F)F)c2)s1. The van der Waals surface area contributed by atoms with Crippen LogP contribution in [0.3, 0.4) is 0 Å². The van der Waals surface area contributed by atoms with Gasteiger partial charge in [-0.1, -0.05) is 41.7 Å². The van der Waals surface area contributed by atoms with Gasteiger partial charge in [-0.2, -0.15) is 13.2 Å². The molecule has 0 spiro atoms. The molecular formula is C22H24F3N3O3S. The van der Waals surface area contributed by atoms with Crippen molar-refractivity contribution in [1.29, 1.82) is 0 Å². The lowest BCUT2D eigenvalue weighted by Gasteiger charge is -2.17. The van der Waals surface area contributed by atoms with E-state index in [9.17, 15) is 18.3 Å². The summed E-state index contributed by atoms with van der Waals surface area (Å²) in [6, 6.07) is 13.5. The highest BCUT2D eigenvalue weighted by molar-refractivity contribution is 7.14. The number of aliphatic hydroxyl groups excluding tert-OH is 1. The third kappa shape index (κ3) is 6.26. The molecule has 0 radical (unpaired) electrons. The number of alkyl halides is 3. The summed E-state index contributed by atoms with van der Waals surface area (Å²) in [7, 11) is 0. The smallest absolute Gasteiger partial charge is 0.419 e. The maximum Gasteiger partial charge on any atom is 0.419 e. The van der Waals surface area contributed by atoms with Crippen LogP contribution in [0.15, 0.2) is 48.5 Å². The number of hydrogen-bond acceptors (Lipinski definition) is 7. The quantitative estimate of drug-likeness (QED) is 0.438. The van der Waals surface area contributed by atoms with Crippen molar-refractivity contribution in [2.24, 2.45) is 5.73 Å². The molecule has 1 aromatic heterocycles. The minimum Gasteiger partial charge on any atom is -0.491 e. The van der Waals surface area contributed by atoms with Crippen molar-refractivity contribution in [2.75, 3.05) is 26.4 Å². The Morgan fingerprint density at radius 1 is 1.03 bits per heavy atom. The zero-order valence-corrected chi connectivity index (χ0v) is 18.2. The Bertz CT molecular complexity index is 1010. The number of aromatic nitrogens is 2. The first kappa shape index (κ1) is 24.1. The third-order valence-corrected chi connectivity index (χ3v) is 5.89. The van der Waals surface area contributed by atoms with Gasteiger partial charge in [-0.25, -0.2) is 0 Å². The van der Waals surface area contributed by atoms with E-state index in [1.165, 1.54) is 12.1 Å². The fourth-order valence-electron chi connectivity index (χ4n) is 2.80. The Kier molecular flexibility index (Phi) is 7.83. The number of aliphatic hydroxyl groups is 1. The average molecular weight is 468 g/mol. The van der Waals surface area contributed by atoms with E-state index in [-0.39, 0.29) is 36.1 Å². The van der Waals surface area contributed by atoms with Crippen LogP contribution in [-0.2, 0) is 22.9 Å². The number of nitrogens with zero attached hydrogens (tertiary/aromatic N) is 2. The van der Waals surface area contributed by atoms with E-state index in [4.69, 9.17) is 15.2 Å². The zero-order chi connectivity index (χ0) is 23.2. The number of rotatable bonds is 10. The normalized spacial score (nSPS) is 13.7. The van der Waals surface area contributed by atoms with Crippen LogP contribution in [0.5, 0.6) is 5.75 Å². The van der Waals surface area contributed by atoms with E-state index >= 15 is 0 Å². The summed E-state index contributed by atoms with van der Waals surface area (Å²) >= 11 is 1.03. The highest BCUT2D eigenvalue weighted by atomic mass is 32.1. The summed E-state index contributed by atoms with van der Waals surface area (Å²) in [6.07, 6.45) is -3.90. The Morgan fingerprint density at radius 3 is 2.47 bits per heavy atom. The predicted molar refractivity (Wildman–Crippen MR) is 115 cm³/mol. The summed E-state index contributed by atoms with van der Waals surface area (Å²) in [6.45, 7) is 1.81.